The van der Waals surface area contributed by atoms with E-state index in [0.717, 1.165) is 20.6 Å². The second-order valence-corrected chi connectivity index (χ2v) is 6.28. The van der Waals surface area contributed by atoms with Gasteiger partial charge in [-0.3, -0.25) is 0 Å². The van der Waals surface area contributed by atoms with Crippen molar-refractivity contribution < 1.29 is 4.74 Å². The van der Waals surface area contributed by atoms with E-state index < -0.39 is 0 Å². The van der Waals surface area contributed by atoms with E-state index in [2.05, 4.69) is 0 Å². The van der Waals surface area contributed by atoms with Crippen LogP contribution in [0.3, 0.4) is 0 Å². The second-order valence-electron chi connectivity index (χ2n) is 1.73. The van der Waals surface area contributed by atoms with E-state index in [0.29, 0.717) is 0 Å². The highest BCUT2D eigenvalue weighted by Gasteiger charge is 2.13. The van der Waals surface area contributed by atoms with Gasteiger partial charge in [0, 0.05) is 5.75 Å². The summed E-state index contributed by atoms with van der Waals surface area (Å²) in [6, 6.07) is 0. The molecule has 0 radical (unpaired) electrons. The van der Waals surface area contributed by atoms with Crippen molar-refractivity contribution >= 4 is 46.7 Å². The van der Waals surface area contributed by atoms with Crippen LogP contribution in [-0.2, 0) is 0 Å². The van der Waals surface area contributed by atoms with Crippen LogP contribution in [-0.4, -0.2) is 12.4 Å². The molecule has 0 aromatic carbocycles. The van der Waals surface area contributed by atoms with E-state index in [9.17, 15) is 0 Å². The van der Waals surface area contributed by atoms with Gasteiger partial charge in [0.2, 0.25) is 0 Å². The molecule has 2 rings (SSSR count). The fraction of sp³-hybridized carbons (Fsp3) is 0.400. The monoisotopic (exact) mass is 208 g/mol. The highest BCUT2D eigenvalue weighted by molar-refractivity contribution is 8.01. The standard InChI is InChI=1S/C5H4OS4/c7-5-9-3-4(10-5)8-2-1-6-3/h1-2H2. The molecule has 1 aromatic rings. The van der Waals surface area contributed by atoms with E-state index in [1.54, 1.807) is 22.7 Å². The number of hydrogen-bond acceptors (Lipinski definition) is 5. The van der Waals surface area contributed by atoms with Crippen molar-refractivity contribution in [3.63, 3.8) is 0 Å². The molecule has 0 aliphatic carbocycles. The molecule has 1 aliphatic rings. The number of fused-ring (bicyclic) bond motifs is 1. The molecule has 0 spiro atoms. The average Bonchev–Trinajstić information content (AvgIpc) is 2.27. The maximum atomic E-state index is 5.39. The van der Waals surface area contributed by atoms with Crippen molar-refractivity contribution in [2.75, 3.05) is 12.4 Å². The molecule has 0 amide bonds. The molecule has 0 atom stereocenters. The first-order chi connectivity index (χ1) is 4.86. The number of ether oxygens (including phenoxy) is 1. The van der Waals surface area contributed by atoms with Gasteiger partial charge in [-0.05, 0) is 0 Å². The zero-order valence-corrected chi connectivity index (χ0v) is 8.22. The quantitative estimate of drug-likeness (QED) is 0.607. The average molecular weight is 208 g/mol. The van der Waals surface area contributed by atoms with Crippen molar-refractivity contribution in [1.29, 1.82) is 0 Å². The van der Waals surface area contributed by atoms with Crippen molar-refractivity contribution in [3.05, 3.63) is 3.14 Å². The van der Waals surface area contributed by atoms with Crippen LogP contribution in [0.1, 0.15) is 0 Å². The Morgan fingerprint density at radius 3 is 3.10 bits per heavy atom. The summed E-state index contributed by atoms with van der Waals surface area (Å²) in [5.74, 6) is 1.06. The normalized spacial score (nSPS) is 16.0. The number of thioether (sulfide) groups is 1. The highest BCUT2D eigenvalue weighted by Crippen LogP contribution is 2.42. The maximum absolute atomic E-state index is 5.39. The lowest BCUT2D eigenvalue weighted by Gasteiger charge is -2.09. The SMILES string of the molecule is S=c1sc2c(s1)SCCO2. The summed E-state index contributed by atoms with van der Waals surface area (Å²) in [5.41, 5.74) is 0. The van der Waals surface area contributed by atoms with Gasteiger partial charge in [0.1, 0.15) is 7.35 Å². The lowest BCUT2D eigenvalue weighted by atomic mass is 10.8. The van der Waals surface area contributed by atoms with E-state index >= 15 is 0 Å². The first-order valence-corrected chi connectivity index (χ1v) is 5.78. The molecule has 0 fully saturated rings. The molecular weight excluding hydrogens is 204 g/mol. The summed E-state index contributed by atoms with van der Waals surface area (Å²) < 4.78 is 7.62. The minimum absolute atomic E-state index is 0.833. The molecule has 54 valence electrons. The van der Waals surface area contributed by atoms with E-state index in [1.165, 1.54) is 4.21 Å². The molecule has 1 aromatic heterocycles. The lowest BCUT2D eigenvalue weighted by Crippen LogP contribution is -2.03. The van der Waals surface area contributed by atoms with Gasteiger partial charge in [0.15, 0.2) is 5.06 Å². The van der Waals surface area contributed by atoms with Crippen molar-refractivity contribution in [3.8, 4) is 5.06 Å². The summed E-state index contributed by atoms with van der Waals surface area (Å²) in [5, 5.41) is 1.03. The Hall–Kier alpha value is 0.420. The summed E-state index contributed by atoms with van der Waals surface area (Å²) in [4.78, 5) is 0. The first kappa shape index (κ1) is 7.09. The molecular formula is C5H4OS4. The fourth-order valence-corrected chi connectivity index (χ4v) is 4.63. The molecule has 0 saturated heterocycles. The van der Waals surface area contributed by atoms with Crippen LogP contribution in [0.4, 0.5) is 0 Å². The van der Waals surface area contributed by atoms with Crippen LogP contribution >= 0.6 is 46.7 Å². The van der Waals surface area contributed by atoms with Crippen molar-refractivity contribution in [2.24, 2.45) is 0 Å². The van der Waals surface area contributed by atoms with Gasteiger partial charge in [-0.25, -0.2) is 0 Å². The van der Waals surface area contributed by atoms with Crippen LogP contribution in [0.5, 0.6) is 5.06 Å². The third kappa shape index (κ3) is 1.23. The Balaban J connectivity index is 2.50. The maximum Gasteiger partial charge on any atom is 0.200 e. The molecule has 10 heavy (non-hydrogen) atoms. The van der Waals surface area contributed by atoms with E-state index in [-0.39, 0.29) is 0 Å². The summed E-state index contributed by atoms with van der Waals surface area (Å²) >= 11 is 10.1. The number of hydrogen-bond donors (Lipinski definition) is 0. The van der Waals surface area contributed by atoms with Crippen LogP contribution in [0.2, 0.25) is 0 Å². The van der Waals surface area contributed by atoms with Crippen LogP contribution in [0.25, 0.3) is 0 Å². The molecule has 0 bridgehead atoms. The van der Waals surface area contributed by atoms with Crippen LogP contribution in [0.15, 0.2) is 4.21 Å². The van der Waals surface area contributed by atoms with Gasteiger partial charge < -0.3 is 4.74 Å². The van der Waals surface area contributed by atoms with E-state index in [4.69, 9.17) is 17.0 Å². The molecule has 0 N–H and O–H groups in total. The topological polar surface area (TPSA) is 9.23 Å². The third-order valence-electron chi connectivity index (χ3n) is 1.07. The van der Waals surface area contributed by atoms with Crippen LogP contribution in [0, 0.1) is 3.14 Å². The van der Waals surface area contributed by atoms with Gasteiger partial charge in [-0.15, -0.1) is 23.1 Å². The predicted molar refractivity (Wildman–Crippen MR) is 49.2 cm³/mol. The zero-order valence-electron chi connectivity index (χ0n) is 4.96. The lowest BCUT2D eigenvalue weighted by molar-refractivity contribution is 0.343. The Morgan fingerprint density at radius 1 is 1.40 bits per heavy atom. The summed E-state index contributed by atoms with van der Waals surface area (Å²) in [7, 11) is 0. The van der Waals surface area contributed by atoms with Gasteiger partial charge in [-0.2, -0.15) is 0 Å². The molecule has 1 aliphatic heterocycles. The summed E-state index contributed by atoms with van der Waals surface area (Å²) in [6.07, 6.45) is 0. The third-order valence-corrected chi connectivity index (χ3v) is 4.96. The Morgan fingerprint density at radius 2 is 2.30 bits per heavy atom. The van der Waals surface area contributed by atoms with Gasteiger partial charge >= 0.3 is 0 Å². The Labute approximate surface area is 76.0 Å². The first-order valence-electron chi connectivity index (χ1n) is 2.76. The molecule has 5 heteroatoms. The largest absolute Gasteiger partial charge is 0.482 e. The Kier molecular flexibility index (Phi) is 1.99. The predicted octanol–water partition coefficient (Wildman–Crippen LogP) is 3.02. The summed E-state index contributed by atoms with van der Waals surface area (Å²) in [6.45, 7) is 0.833. The fourth-order valence-electron chi connectivity index (χ4n) is 0.701. The van der Waals surface area contributed by atoms with Crippen molar-refractivity contribution in [1.82, 2.24) is 0 Å². The smallest absolute Gasteiger partial charge is 0.200 e. The zero-order chi connectivity index (χ0) is 6.97. The molecule has 1 nitrogen and oxygen atoms in total. The second kappa shape index (κ2) is 2.81. The van der Waals surface area contributed by atoms with Crippen LogP contribution < -0.4 is 4.74 Å². The Bertz CT molecular complexity index is 260. The number of rotatable bonds is 0. The van der Waals surface area contributed by atoms with Gasteiger partial charge in [0.05, 0.1) is 6.61 Å². The highest BCUT2D eigenvalue weighted by atomic mass is 32.2. The van der Waals surface area contributed by atoms with Gasteiger partial charge in [-0.1, -0.05) is 23.6 Å². The minimum atomic E-state index is 0.833. The molecule has 2 heterocycles. The van der Waals surface area contributed by atoms with Crippen molar-refractivity contribution in [2.45, 2.75) is 4.21 Å². The molecule has 0 saturated carbocycles. The molecule has 0 unspecified atom stereocenters. The van der Waals surface area contributed by atoms with Gasteiger partial charge in [0.25, 0.3) is 0 Å². The van der Waals surface area contributed by atoms with E-state index in [1.807, 2.05) is 11.8 Å². The minimum Gasteiger partial charge on any atom is -0.482 e.